The fourth-order valence-corrected chi connectivity index (χ4v) is 24.1. The molecule has 0 radical (unpaired) electrons. The summed E-state index contributed by atoms with van der Waals surface area (Å²) in [6, 6.07) is 161. The van der Waals surface area contributed by atoms with Crippen molar-refractivity contribution < 1.29 is 0 Å². The number of rotatable bonds is 11. The molecule has 0 saturated carbocycles. The van der Waals surface area contributed by atoms with Gasteiger partial charge in [0.25, 0.3) is 0 Å². The molecule has 9 heterocycles. The Morgan fingerprint density at radius 3 is 1.09 bits per heavy atom. The third-order valence-corrected chi connectivity index (χ3v) is 30.0. The van der Waals surface area contributed by atoms with Crippen molar-refractivity contribution >= 4 is 206 Å². The molecule has 638 valence electrons. The molecule has 0 atom stereocenters. The van der Waals surface area contributed by atoms with Gasteiger partial charge in [-0.2, -0.15) is 0 Å². The van der Waals surface area contributed by atoms with Crippen molar-refractivity contribution in [2.75, 3.05) is 0 Å². The molecule has 11 nitrogen and oxygen atoms in total. The molecular formula is C126H73N11S. The minimum atomic E-state index is 0.590. The third kappa shape index (κ3) is 11.2. The van der Waals surface area contributed by atoms with Crippen LogP contribution in [-0.2, 0) is 0 Å². The van der Waals surface area contributed by atoms with E-state index in [9.17, 15) is 0 Å². The summed E-state index contributed by atoms with van der Waals surface area (Å²) in [4.78, 5) is 33.9. The Morgan fingerprint density at radius 2 is 0.529 bits per heavy atom. The predicted molar refractivity (Wildman–Crippen MR) is 575 cm³/mol. The SMILES string of the molecule is c1ccc(-c2nc(-n3c4ccc(-c5ccc6c(c5)c5cc(-c7ccc8c9c%10c%11ccccc%11n(-c%11ccccc%11)c%10c%10ccccc%10c9n(-c9nc(-c%10ccccc%10)c%10ccccc%10n9)c8c7)ccc5n6-c5ccccc5)cc4c4ccc(-c5ccc6c(c5)sc5c6c6ccccc6c6c7ccccc7n(-c7nc(-c8ccccc8)c8ccc9ccccc9c8n7)c56)cc43)nc3ccccc23)cc1. The van der Waals surface area contributed by atoms with Gasteiger partial charge >= 0.3 is 0 Å². The van der Waals surface area contributed by atoms with Crippen LogP contribution in [0.15, 0.2) is 443 Å². The van der Waals surface area contributed by atoms with Crippen LogP contribution in [-0.4, -0.2) is 52.7 Å². The van der Waals surface area contributed by atoms with E-state index in [0.717, 1.165) is 226 Å². The Hall–Kier alpha value is -18.4. The molecule has 0 spiro atoms. The van der Waals surface area contributed by atoms with Gasteiger partial charge in [0.15, 0.2) is 0 Å². The van der Waals surface area contributed by atoms with Gasteiger partial charge in [0.2, 0.25) is 17.8 Å². The largest absolute Gasteiger partial charge is 0.309 e. The molecule has 30 rings (SSSR count). The topological polar surface area (TPSA) is 102 Å². The zero-order valence-electron chi connectivity index (χ0n) is 74.0. The van der Waals surface area contributed by atoms with E-state index in [-0.39, 0.29) is 0 Å². The summed E-state index contributed by atoms with van der Waals surface area (Å²) in [5.74, 6) is 1.82. The monoisotopic (exact) mass is 1770 g/mol. The molecule has 0 unspecified atom stereocenters. The second kappa shape index (κ2) is 29.6. The lowest BCUT2D eigenvalue weighted by molar-refractivity contribution is 1.01. The van der Waals surface area contributed by atoms with Crippen molar-refractivity contribution in [1.82, 2.24) is 52.7 Å². The Kier molecular flexibility index (Phi) is 16.3. The molecule has 0 amide bonds. The van der Waals surface area contributed by atoms with Crippen LogP contribution in [0.2, 0.25) is 0 Å². The van der Waals surface area contributed by atoms with E-state index in [1.165, 1.54) is 47.1 Å². The maximum absolute atomic E-state index is 5.73. The fourth-order valence-electron chi connectivity index (χ4n) is 22.8. The average Bonchev–Trinajstić information content (AvgIpc) is 1.52. The minimum absolute atomic E-state index is 0.590. The number of hydrogen-bond donors (Lipinski definition) is 0. The molecule has 0 aliphatic rings. The third-order valence-electron chi connectivity index (χ3n) is 28.8. The van der Waals surface area contributed by atoms with Gasteiger partial charge in [0.05, 0.1) is 93.5 Å². The highest BCUT2D eigenvalue weighted by Gasteiger charge is 2.31. The van der Waals surface area contributed by atoms with Crippen molar-refractivity contribution in [2.24, 2.45) is 0 Å². The van der Waals surface area contributed by atoms with Crippen molar-refractivity contribution in [1.29, 1.82) is 0 Å². The number of nitrogens with zero attached hydrogens (tertiary/aromatic N) is 11. The summed E-state index contributed by atoms with van der Waals surface area (Å²) in [6.07, 6.45) is 0. The second-order valence-electron chi connectivity index (χ2n) is 36.3. The standard InChI is InChI=1S/C126H73N11S/c1-6-31-75(32-7-1)116-92-46-22-26-50-102(92)127-124(129-116)135-108-67-60-78(68-99(108)87-61-55-82(71-109(87)135)83-57-63-97-111(73-83)138-123-113(97)89-43-19-18-42-88(89)112-94-48-24-29-53-105(94)136(122(112)123)126-131-118(77-35-10-3-11-36-77)98-64-54-74-30-16-17-41-86(74)119(98)132-126)79-58-65-106-100(69-79)101-70-80(59-66-107(101)133(106)84-37-12-4-13-38-84)81-56-62-96-110(72-81)137(125-128-103-51-27-23-47-93(103)117(130-125)76-33-8-2-9-34-76)121-91-45-21-20-44-90(91)120-114(115(96)121)95-49-25-28-52-104(95)134(120)85-39-14-5-15-40-85/h1-73H. The first kappa shape index (κ1) is 76.2. The number of thiophene rings is 1. The molecule has 0 fully saturated rings. The Bertz CT molecular complexity index is 10500. The average molecular weight is 1770 g/mol. The molecule has 12 heteroatoms. The van der Waals surface area contributed by atoms with Gasteiger partial charge in [-0.05, 0) is 159 Å². The van der Waals surface area contributed by atoms with Gasteiger partial charge < -0.3 is 9.13 Å². The summed E-state index contributed by atoms with van der Waals surface area (Å²) in [5.41, 5.74) is 27.7. The maximum atomic E-state index is 5.73. The molecule has 138 heavy (non-hydrogen) atoms. The van der Waals surface area contributed by atoms with E-state index in [1.807, 2.05) is 11.3 Å². The van der Waals surface area contributed by atoms with E-state index >= 15 is 0 Å². The lowest BCUT2D eigenvalue weighted by Crippen LogP contribution is -2.04. The zero-order chi connectivity index (χ0) is 90.1. The normalized spacial score (nSPS) is 12.2. The summed E-state index contributed by atoms with van der Waals surface area (Å²) in [6.45, 7) is 0. The quantitative estimate of drug-likeness (QED) is 0.120. The van der Waals surface area contributed by atoms with Gasteiger partial charge in [0, 0.05) is 130 Å². The van der Waals surface area contributed by atoms with Crippen molar-refractivity contribution in [3.8, 4) is 96.4 Å². The van der Waals surface area contributed by atoms with E-state index in [0.29, 0.717) is 17.8 Å². The number of fused-ring (bicyclic) bond motifs is 31. The molecule has 21 aromatic carbocycles. The molecule has 0 saturated heterocycles. The molecule has 0 aliphatic heterocycles. The van der Waals surface area contributed by atoms with Crippen LogP contribution in [0.5, 0.6) is 0 Å². The van der Waals surface area contributed by atoms with Crippen molar-refractivity contribution in [3.63, 3.8) is 0 Å². The van der Waals surface area contributed by atoms with E-state index in [1.54, 1.807) is 0 Å². The smallest absolute Gasteiger partial charge is 0.235 e. The first-order valence-corrected chi connectivity index (χ1v) is 47.7. The van der Waals surface area contributed by atoms with Crippen LogP contribution >= 0.6 is 11.3 Å². The van der Waals surface area contributed by atoms with Gasteiger partial charge in [0.1, 0.15) is 0 Å². The van der Waals surface area contributed by atoms with Crippen LogP contribution in [0, 0.1) is 0 Å². The first-order valence-electron chi connectivity index (χ1n) is 46.9. The molecule has 30 aromatic rings. The van der Waals surface area contributed by atoms with Gasteiger partial charge in [-0.25, -0.2) is 29.9 Å². The number of benzene rings is 21. The highest BCUT2D eigenvalue weighted by Crippen LogP contribution is 2.53. The summed E-state index contributed by atoms with van der Waals surface area (Å²) in [7, 11) is 0. The maximum Gasteiger partial charge on any atom is 0.235 e. The van der Waals surface area contributed by atoms with E-state index in [2.05, 4.69) is 466 Å². The van der Waals surface area contributed by atoms with Crippen molar-refractivity contribution in [2.45, 2.75) is 0 Å². The Balaban J connectivity index is 0.609. The fraction of sp³-hybridized carbons (Fsp3) is 0. The molecule has 9 aromatic heterocycles. The summed E-state index contributed by atoms with van der Waals surface area (Å²) >= 11 is 1.85. The van der Waals surface area contributed by atoms with Gasteiger partial charge in [-0.1, -0.05) is 334 Å². The van der Waals surface area contributed by atoms with E-state index < -0.39 is 0 Å². The molecular weight excluding hydrogens is 1700 g/mol. The lowest BCUT2D eigenvalue weighted by atomic mass is 9.97. The summed E-state index contributed by atoms with van der Waals surface area (Å²) in [5, 5.41) is 23.6. The van der Waals surface area contributed by atoms with Crippen LogP contribution in [0.4, 0.5) is 0 Å². The van der Waals surface area contributed by atoms with Crippen LogP contribution in [0.3, 0.4) is 0 Å². The number of hydrogen-bond acceptors (Lipinski definition) is 7. The first-order chi connectivity index (χ1) is 68.5. The Morgan fingerprint density at radius 1 is 0.174 bits per heavy atom. The lowest BCUT2D eigenvalue weighted by Gasteiger charge is -2.14. The number of para-hydroxylation sites is 6. The highest BCUT2D eigenvalue weighted by molar-refractivity contribution is 7.27. The van der Waals surface area contributed by atoms with E-state index in [4.69, 9.17) is 29.9 Å². The van der Waals surface area contributed by atoms with Crippen molar-refractivity contribution in [3.05, 3.63) is 443 Å². The minimum Gasteiger partial charge on any atom is -0.309 e. The predicted octanol–water partition coefficient (Wildman–Crippen LogP) is 32.8. The molecule has 0 N–H and O–H groups in total. The number of aromatic nitrogens is 11. The van der Waals surface area contributed by atoms with Crippen LogP contribution in [0.25, 0.3) is 291 Å². The zero-order valence-corrected chi connectivity index (χ0v) is 74.8. The Labute approximate surface area is 791 Å². The van der Waals surface area contributed by atoms with Gasteiger partial charge in [-0.15, -0.1) is 11.3 Å². The molecule has 0 aliphatic carbocycles. The molecule has 0 bridgehead atoms. The van der Waals surface area contributed by atoms with Crippen LogP contribution in [0.1, 0.15) is 0 Å². The highest BCUT2D eigenvalue weighted by atomic mass is 32.1. The van der Waals surface area contributed by atoms with Crippen LogP contribution < -0.4 is 0 Å². The second-order valence-corrected chi connectivity index (χ2v) is 37.3. The van der Waals surface area contributed by atoms with Gasteiger partial charge in [-0.3, -0.25) is 13.7 Å². The summed E-state index contributed by atoms with van der Waals surface area (Å²) < 4.78 is 14.3.